The van der Waals surface area contributed by atoms with Crippen molar-refractivity contribution >= 4 is 33.8 Å². The summed E-state index contributed by atoms with van der Waals surface area (Å²) in [7, 11) is 3.52. The van der Waals surface area contributed by atoms with E-state index in [4.69, 9.17) is 4.74 Å². The van der Waals surface area contributed by atoms with Gasteiger partial charge < -0.3 is 0 Å². The van der Waals surface area contributed by atoms with Gasteiger partial charge in [-0.1, -0.05) is 0 Å². The molecule has 4 atom stereocenters. The van der Waals surface area contributed by atoms with Gasteiger partial charge in [0.1, 0.15) is 0 Å². The molecule has 3 aliphatic heterocycles. The number of amides is 3. The number of rotatable bonds is 3. The zero-order chi connectivity index (χ0) is 24.2. The van der Waals surface area contributed by atoms with E-state index in [9.17, 15) is 14.4 Å². The molecule has 0 aromatic heterocycles. The molecular weight excluding hydrogens is 563 g/mol. The summed E-state index contributed by atoms with van der Waals surface area (Å²) in [6.45, 7) is 5.54. The Morgan fingerprint density at radius 3 is 2.55 bits per heavy atom. The number of hydrogen-bond donors (Lipinski definition) is 2. The second-order valence-corrected chi connectivity index (χ2v) is 16.6. The fourth-order valence-electron chi connectivity index (χ4n) is 4.55. The Kier molecular flexibility index (Phi) is 6.25. The molecule has 3 saturated heterocycles. The van der Waals surface area contributed by atoms with Gasteiger partial charge in [-0.25, -0.2) is 0 Å². The molecule has 3 amide bonds. The van der Waals surface area contributed by atoms with Gasteiger partial charge in [0, 0.05) is 0 Å². The molecule has 7 nitrogen and oxygen atoms in total. The number of anilines is 1. The van der Waals surface area contributed by atoms with Crippen LogP contribution in [0.4, 0.5) is 16.2 Å². The van der Waals surface area contributed by atoms with E-state index in [1.807, 2.05) is 0 Å². The molecule has 3 fully saturated rings. The van der Waals surface area contributed by atoms with Crippen LogP contribution in [0.2, 0.25) is 5.54 Å². The van der Waals surface area contributed by atoms with E-state index in [-0.39, 0.29) is 37.4 Å². The van der Waals surface area contributed by atoms with Crippen LogP contribution in [0.15, 0.2) is 24.3 Å². The van der Waals surface area contributed by atoms with E-state index < -0.39 is 50.6 Å². The number of carbonyl (C=O) groups is 3. The zero-order valence-electron chi connectivity index (χ0n) is 18.8. The van der Waals surface area contributed by atoms with E-state index in [1.54, 1.807) is 45.0 Å². The molecule has 4 rings (SSSR count). The summed E-state index contributed by atoms with van der Waals surface area (Å²) in [4.78, 5) is 37.7. The fraction of sp³-hybridized carbons (Fsp3) is 0.591. The van der Waals surface area contributed by atoms with Crippen molar-refractivity contribution in [2.24, 2.45) is 0 Å². The summed E-state index contributed by atoms with van der Waals surface area (Å²) in [6.07, 6.45) is 0.443. The summed E-state index contributed by atoms with van der Waals surface area (Å²) in [5.74, 6) is -0.730. The maximum atomic E-state index is 15.2. The summed E-state index contributed by atoms with van der Waals surface area (Å²) >= 11 is -5.06. The fourth-order valence-corrected chi connectivity index (χ4v) is 12.4. The van der Waals surface area contributed by atoms with E-state index >= 15 is 5.72 Å². The third kappa shape index (κ3) is 4.49. The monoisotopic (exact) mass is 591 g/mol. The average Bonchev–Trinajstić information content (AvgIpc) is 3.27. The van der Waals surface area contributed by atoms with E-state index in [2.05, 4.69) is 20.9 Å². The molecule has 3 heterocycles. The molecule has 3 radical (unpaired) electrons. The van der Waals surface area contributed by atoms with Gasteiger partial charge in [-0.3, -0.25) is 0 Å². The molecule has 0 aliphatic carbocycles. The second-order valence-electron chi connectivity index (χ2n) is 9.73. The SMILES string of the molecule is CC(C)(C)OC(=O)N1CC[C@@]2(c3ccc(N[C@@H]4C(=O)NC(=O)CCC4[Si])cc3)[C@@H](C1)[I-]2(F)F. The number of benzene rings is 1. The van der Waals surface area contributed by atoms with Crippen LogP contribution in [-0.2, 0) is 17.7 Å². The molecule has 11 heteroatoms. The number of nitrogens with zero attached hydrogens (tertiary/aromatic N) is 1. The van der Waals surface area contributed by atoms with Gasteiger partial charge in [0.25, 0.3) is 0 Å². The summed E-state index contributed by atoms with van der Waals surface area (Å²) in [5.41, 5.74) is 0.306. The topological polar surface area (TPSA) is 87.7 Å². The Morgan fingerprint density at radius 2 is 1.94 bits per heavy atom. The maximum absolute atomic E-state index is 15.2. The first-order chi connectivity index (χ1) is 15.3. The molecule has 0 spiro atoms. The summed E-state index contributed by atoms with van der Waals surface area (Å²) in [5, 5.41) is 5.46. The van der Waals surface area contributed by atoms with Crippen molar-refractivity contribution in [1.82, 2.24) is 10.2 Å². The van der Waals surface area contributed by atoms with Crippen molar-refractivity contribution in [3.8, 4) is 0 Å². The third-order valence-corrected chi connectivity index (χ3v) is 14.1. The number of likely N-dealkylation sites (tertiary alicyclic amines) is 1. The van der Waals surface area contributed by atoms with Crippen LogP contribution in [0.25, 0.3) is 0 Å². The molecule has 33 heavy (non-hydrogen) atoms. The Bertz CT molecular complexity index is 971. The van der Waals surface area contributed by atoms with Crippen LogP contribution in [0.5, 0.6) is 0 Å². The van der Waals surface area contributed by atoms with Crippen molar-refractivity contribution in [3.63, 3.8) is 0 Å². The van der Waals surface area contributed by atoms with Gasteiger partial charge in [0.15, 0.2) is 0 Å². The normalized spacial score (nSPS) is 32.2. The van der Waals surface area contributed by atoms with Gasteiger partial charge in [0.2, 0.25) is 0 Å². The van der Waals surface area contributed by atoms with Gasteiger partial charge in [0.05, 0.1) is 0 Å². The van der Waals surface area contributed by atoms with Gasteiger partial charge in [-0.15, -0.1) is 0 Å². The molecule has 1 unspecified atom stereocenters. The molecular formula is C22H28F2IN3O4Si-. The predicted molar refractivity (Wildman–Crippen MR) is 116 cm³/mol. The van der Waals surface area contributed by atoms with E-state index in [0.29, 0.717) is 17.7 Å². The first-order valence-electron chi connectivity index (χ1n) is 10.9. The standard InChI is InChI=1S/C22H28F2IN3O4Si/c1-21(2,3)32-20(31)28-11-10-22(16(12-28)25(22,23)24)13-4-6-14(7-5-13)26-18-15(33)8-9-17(29)27-19(18)30/h4-7,15-16,18,26H,8-12H2,1-3H3,(H,27,29,30)/q-1/t15?,16-,18+,22-/m1/s1. The minimum absolute atomic E-state index is 0.0276. The second kappa shape index (κ2) is 8.47. The average molecular weight is 591 g/mol. The molecule has 0 bridgehead atoms. The molecule has 181 valence electrons. The first-order valence-corrected chi connectivity index (χ1v) is 15.4. The van der Waals surface area contributed by atoms with Crippen LogP contribution < -0.4 is 30.2 Å². The third-order valence-electron chi connectivity index (χ3n) is 6.32. The van der Waals surface area contributed by atoms with Gasteiger partial charge in [-0.2, -0.15) is 0 Å². The van der Waals surface area contributed by atoms with Crippen LogP contribution in [-0.4, -0.2) is 61.7 Å². The number of hydrogen-bond acceptors (Lipinski definition) is 5. The van der Waals surface area contributed by atoms with Crippen molar-refractivity contribution in [2.75, 3.05) is 18.4 Å². The Balaban J connectivity index is 1.46. The Labute approximate surface area is 200 Å². The number of fused-ring (bicyclic) bond motifs is 1. The van der Waals surface area contributed by atoms with Crippen molar-refractivity contribution in [1.29, 1.82) is 0 Å². The minimum atomic E-state index is -5.06. The Morgan fingerprint density at radius 1 is 1.27 bits per heavy atom. The molecule has 2 N–H and O–H groups in total. The predicted octanol–water partition coefficient (Wildman–Crippen LogP) is 0.00840. The zero-order valence-corrected chi connectivity index (χ0v) is 21.9. The van der Waals surface area contributed by atoms with Crippen molar-refractivity contribution in [2.45, 2.75) is 64.6 Å². The van der Waals surface area contributed by atoms with Crippen LogP contribution in [0, 0.1) is 0 Å². The number of nitrogens with one attached hydrogen (secondary N) is 2. The molecule has 3 aliphatic rings. The van der Waals surface area contributed by atoms with Crippen LogP contribution in [0.1, 0.15) is 45.6 Å². The van der Waals surface area contributed by atoms with Gasteiger partial charge >= 0.3 is 201 Å². The van der Waals surface area contributed by atoms with E-state index in [0.717, 1.165) is 0 Å². The number of alkyl halides is 2. The number of ether oxygens (including phenoxy) is 1. The van der Waals surface area contributed by atoms with Crippen LogP contribution in [0.3, 0.4) is 0 Å². The Hall–Kier alpha value is -1.76. The number of halogens is 3. The number of piperidine rings is 1. The van der Waals surface area contributed by atoms with Crippen molar-refractivity contribution in [3.05, 3.63) is 29.8 Å². The number of carbonyl (C=O) groups excluding carboxylic acids is 3. The summed E-state index contributed by atoms with van der Waals surface area (Å²) in [6, 6.07) is 6.16. The first kappa shape index (κ1) is 24.4. The molecule has 1 aromatic carbocycles. The molecule has 0 saturated carbocycles. The number of imide groups is 1. The van der Waals surface area contributed by atoms with Gasteiger partial charge in [-0.05, 0) is 0 Å². The molecule has 1 aromatic rings. The van der Waals surface area contributed by atoms with E-state index in [1.165, 1.54) is 4.90 Å². The summed E-state index contributed by atoms with van der Waals surface area (Å²) < 4.78 is 33.8. The van der Waals surface area contributed by atoms with Crippen molar-refractivity contribution < 1.29 is 44.4 Å². The van der Waals surface area contributed by atoms with Crippen LogP contribution >= 0.6 is 0 Å². The quantitative estimate of drug-likeness (QED) is 0.224.